The third-order valence-electron chi connectivity index (χ3n) is 3.14. The van der Waals surface area contributed by atoms with Crippen molar-refractivity contribution in [3.8, 4) is 0 Å². The number of ether oxygens (including phenoxy) is 2. The zero-order valence-electron chi connectivity index (χ0n) is 10.6. The van der Waals surface area contributed by atoms with Gasteiger partial charge in [0.1, 0.15) is 6.10 Å². The Bertz CT molecular complexity index is 374. The predicted octanol–water partition coefficient (Wildman–Crippen LogP) is 1.67. The Morgan fingerprint density at radius 1 is 1.50 bits per heavy atom. The lowest BCUT2D eigenvalue weighted by atomic mass is 10.1. The minimum Gasteiger partial charge on any atom is -0.375 e. The van der Waals surface area contributed by atoms with E-state index >= 15 is 0 Å². The largest absolute Gasteiger partial charge is 0.375 e. The molecule has 0 unspecified atom stereocenters. The normalized spacial score (nSPS) is 20.6. The minimum atomic E-state index is -0.279. The SMILES string of the molecule is CO[C@H](CNC(=O)[C@H]1CCCO1)c1ccccc1. The third kappa shape index (κ3) is 3.31. The van der Waals surface area contributed by atoms with Gasteiger partial charge in [-0.1, -0.05) is 30.3 Å². The maximum atomic E-state index is 11.8. The van der Waals surface area contributed by atoms with Crippen LogP contribution in [0.4, 0.5) is 0 Å². The van der Waals surface area contributed by atoms with E-state index in [9.17, 15) is 4.79 Å². The summed E-state index contributed by atoms with van der Waals surface area (Å²) in [6.45, 7) is 1.16. The molecule has 1 saturated heterocycles. The molecular weight excluding hydrogens is 230 g/mol. The molecule has 18 heavy (non-hydrogen) atoms. The molecule has 0 radical (unpaired) electrons. The smallest absolute Gasteiger partial charge is 0.249 e. The fourth-order valence-electron chi connectivity index (χ4n) is 2.10. The molecular formula is C14H19NO3. The summed E-state index contributed by atoms with van der Waals surface area (Å²) in [5.41, 5.74) is 1.06. The average molecular weight is 249 g/mol. The first-order valence-corrected chi connectivity index (χ1v) is 6.28. The van der Waals surface area contributed by atoms with Crippen LogP contribution in [0.3, 0.4) is 0 Å². The predicted molar refractivity (Wildman–Crippen MR) is 68.2 cm³/mol. The molecule has 2 atom stereocenters. The molecule has 0 aromatic heterocycles. The van der Waals surface area contributed by atoms with Crippen molar-refractivity contribution in [2.24, 2.45) is 0 Å². The second kappa shape index (κ2) is 6.52. The van der Waals surface area contributed by atoms with Crippen LogP contribution in [0, 0.1) is 0 Å². The number of carbonyl (C=O) groups excluding carboxylic acids is 1. The maximum absolute atomic E-state index is 11.8. The molecule has 1 N–H and O–H groups in total. The van der Waals surface area contributed by atoms with Crippen LogP contribution in [0.15, 0.2) is 30.3 Å². The first kappa shape index (κ1) is 13.1. The number of hydrogen-bond donors (Lipinski definition) is 1. The van der Waals surface area contributed by atoms with Gasteiger partial charge in [-0.25, -0.2) is 0 Å². The van der Waals surface area contributed by atoms with Crippen LogP contribution in [0.5, 0.6) is 0 Å². The summed E-state index contributed by atoms with van der Waals surface area (Å²) in [6.07, 6.45) is 1.38. The molecule has 4 nitrogen and oxygen atoms in total. The van der Waals surface area contributed by atoms with Crippen LogP contribution >= 0.6 is 0 Å². The van der Waals surface area contributed by atoms with Crippen LogP contribution in [-0.2, 0) is 14.3 Å². The Kier molecular flexibility index (Phi) is 4.73. The molecule has 2 rings (SSSR count). The van der Waals surface area contributed by atoms with Crippen molar-refractivity contribution in [2.75, 3.05) is 20.3 Å². The molecule has 0 spiro atoms. The van der Waals surface area contributed by atoms with Crippen molar-refractivity contribution in [1.29, 1.82) is 0 Å². The topological polar surface area (TPSA) is 47.6 Å². The zero-order chi connectivity index (χ0) is 12.8. The highest BCUT2D eigenvalue weighted by Gasteiger charge is 2.24. The third-order valence-corrected chi connectivity index (χ3v) is 3.14. The van der Waals surface area contributed by atoms with Crippen molar-refractivity contribution < 1.29 is 14.3 Å². The minimum absolute atomic E-state index is 0.0366. The fraction of sp³-hybridized carbons (Fsp3) is 0.500. The average Bonchev–Trinajstić information content (AvgIpc) is 2.94. The monoisotopic (exact) mass is 249 g/mol. The van der Waals surface area contributed by atoms with E-state index in [0.29, 0.717) is 13.2 Å². The summed E-state index contributed by atoms with van der Waals surface area (Å²) in [7, 11) is 1.65. The maximum Gasteiger partial charge on any atom is 0.249 e. The lowest BCUT2D eigenvalue weighted by molar-refractivity contribution is -0.130. The van der Waals surface area contributed by atoms with Crippen molar-refractivity contribution in [2.45, 2.75) is 25.0 Å². The Balaban J connectivity index is 1.85. The van der Waals surface area contributed by atoms with Crippen molar-refractivity contribution in [1.82, 2.24) is 5.32 Å². The van der Waals surface area contributed by atoms with Crippen molar-refractivity contribution >= 4 is 5.91 Å². The second-order valence-corrected chi connectivity index (χ2v) is 4.38. The number of benzene rings is 1. The van der Waals surface area contributed by atoms with Crippen LogP contribution in [0.2, 0.25) is 0 Å². The number of rotatable bonds is 5. The highest BCUT2D eigenvalue weighted by Crippen LogP contribution is 2.16. The van der Waals surface area contributed by atoms with E-state index in [1.165, 1.54) is 0 Å². The highest BCUT2D eigenvalue weighted by molar-refractivity contribution is 5.80. The van der Waals surface area contributed by atoms with Crippen LogP contribution < -0.4 is 5.32 Å². The van der Waals surface area contributed by atoms with Gasteiger partial charge >= 0.3 is 0 Å². The van der Waals surface area contributed by atoms with Gasteiger partial charge in [0.05, 0.1) is 6.10 Å². The number of carbonyl (C=O) groups is 1. The number of nitrogens with one attached hydrogen (secondary N) is 1. The molecule has 1 heterocycles. The molecule has 1 fully saturated rings. The quantitative estimate of drug-likeness (QED) is 0.863. The van der Waals surface area contributed by atoms with Gasteiger partial charge in [0.25, 0.3) is 0 Å². The van der Waals surface area contributed by atoms with Gasteiger partial charge in [-0.05, 0) is 18.4 Å². The van der Waals surface area contributed by atoms with Crippen LogP contribution in [-0.4, -0.2) is 32.3 Å². The molecule has 1 aliphatic heterocycles. The zero-order valence-corrected chi connectivity index (χ0v) is 10.6. The molecule has 4 heteroatoms. The van der Waals surface area contributed by atoms with E-state index in [0.717, 1.165) is 18.4 Å². The van der Waals surface area contributed by atoms with Crippen molar-refractivity contribution in [3.05, 3.63) is 35.9 Å². The van der Waals surface area contributed by atoms with Gasteiger partial charge in [-0.15, -0.1) is 0 Å². The Morgan fingerprint density at radius 3 is 2.89 bits per heavy atom. The van der Waals surface area contributed by atoms with E-state index in [2.05, 4.69) is 5.32 Å². The van der Waals surface area contributed by atoms with Crippen LogP contribution in [0.1, 0.15) is 24.5 Å². The Morgan fingerprint density at radius 2 is 2.28 bits per heavy atom. The van der Waals surface area contributed by atoms with Gasteiger partial charge in [0, 0.05) is 20.3 Å². The number of amides is 1. The molecule has 0 saturated carbocycles. The summed E-state index contributed by atoms with van der Waals surface area (Å²) in [4.78, 5) is 11.8. The lowest BCUT2D eigenvalue weighted by Gasteiger charge is -2.18. The second-order valence-electron chi connectivity index (χ2n) is 4.38. The number of methoxy groups -OCH3 is 1. The van der Waals surface area contributed by atoms with Gasteiger partial charge < -0.3 is 14.8 Å². The summed E-state index contributed by atoms with van der Waals surface area (Å²) in [5, 5.41) is 2.89. The molecule has 0 bridgehead atoms. The highest BCUT2D eigenvalue weighted by atomic mass is 16.5. The molecule has 1 amide bonds. The standard InChI is InChI=1S/C14H19NO3/c1-17-13(11-6-3-2-4-7-11)10-15-14(16)12-8-5-9-18-12/h2-4,6-7,12-13H,5,8-10H2,1H3,(H,15,16)/t12-,13-/m1/s1. The van der Waals surface area contributed by atoms with E-state index in [1.54, 1.807) is 7.11 Å². The molecule has 1 aromatic carbocycles. The van der Waals surface area contributed by atoms with Gasteiger partial charge in [-0.3, -0.25) is 4.79 Å². The van der Waals surface area contributed by atoms with Gasteiger partial charge in [0.2, 0.25) is 5.91 Å². The summed E-state index contributed by atoms with van der Waals surface area (Å²) < 4.78 is 10.7. The molecule has 1 aliphatic rings. The Labute approximate surface area is 107 Å². The van der Waals surface area contributed by atoms with Crippen molar-refractivity contribution in [3.63, 3.8) is 0 Å². The van der Waals surface area contributed by atoms with E-state index in [4.69, 9.17) is 9.47 Å². The Hall–Kier alpha value is -1.39. The lowest BCUT2D eigenvalue weighted by Crippen LogP contribution is -2.37. The first-order valence-electron chi connectivity index (χ1n) is 6.28. The van der Waals surface area contributed by atoms with Gasteiger partial charge in [-0.2, -0.15) is 0 Å². The first-order chi connectivity index (χ1) is 8.81. The summed E-state index contributed by atoms with van der Waals surface area (Å²) in [6, 6.07) is 9.87. The molecule has 1 aromatic rings. The van der Waals surface area contributed by atoms with E-state index in [-0.39, 0.29) is 18.1 Å². The van der Waals surface area contributed by atoms with E-state index < -0.39 is 0 Å². The fourth-order valence-corrected chi connectivity index (χ4v) is 2.10. The van der Waals surface area contributed by atoms with Crippen LogP contribution in [0.25, 0.3) is 0 Å². The summed E-state index contributed by atoms with van der Waals surface area (Å²) >= 11 is 0. The molecule has 0 aliphatic carbocycles. The molecule has 98 valence electrons. The van der Waals surface area contributed by atoms with E-state index in [1.807, 2.05) is 30.3 Å². The van der Waals surface area contributed by atoms with Gasteiger partial charge in [0.15, 0.2) is 0 Å². The number of hydrogen-bond acceptors (Lipinski definition) is 3. The summed E-state index contributed by atoms with van der Waals surface area (Å²) in [5.74, 6) is -0.0366.